The van der Waals surface area contributed by atoms with E-state index in [0.29, 0.717) is 6.04 Å². The fraction of sp³-hybridized carbons (Fsp3) is 0.571. The summed E-state index contributed by atoms with van der Waals surface area (Å²) in [6.07, 6.45) is 6.92. The first kappa shape index (κ1) is 18.3. The average Bonchev–Trinajstić information content (AvgIpc) is 3.37. The number of aromatic nitrogens is 4. The van der Waals surface area contributed by atoms with E-state index in [4.69, 9.17) is 0 Å². The van der Waals surface area contributed by atoms with E-state index in [2.05, 4.69) is 67.8 Å². The molecule has 1 aliphatic heterocycles. The van der Waals surface area contributed by atoms with Gasteiger partial charge in [-0.3, -0.25) is 9.80 Å². The number of tetrazole rings is 1. The maximum absolute atomic E-state index is 4.52. The molecule has 6 heteroatoms. The van der Waals surface area contributed by atoms with Gasteiger partial charge in [-0.05, 0) is 35.8 Å². The summed E-state index contributed by atoms with van der Waals surface area (Å²) < 4.78 is 2.12. The first-order valence-electron chi connectivity index (χ1n) is 10.2. The lowest BCUT2D eigenvalue weighted by atomic mass is 10.0. The number of piperazine rings is 1. The molecule has 0 bridgehead atoms. The van der Waals surface area contributed by atoms with Crippen LogP contribution in [0.1, 0.15) is 54.7 Å². The van der Waals surface area contributed by atoms with Gasteiger partial charge in [0.05, 0.1) is 12.1 Å². The van der Waals surface area contributed by atoms with Gasteiger partial charge in [-0.2, -0.15) is 0 Å². The molecule has 0 spiro atoms. The van der Waals surface area contributed by atoms with Gasteiger partial charge < -0.3 is 0 Å². The smallest absolute Gasteiger partial charge is 0.173 e. The van der Waals surface area contributed by atoms with E-state index in [9.17, 15) is 0 Å². The fourth-order valence-electron chi connectivity index (χ4n) is 4.45. The molecule has 1 aromatic heterocycles. The van der Waals surface area contributed by atoms with Crippen molar-refractivity contribution in [3.8, 4) is 0 Å². The van der Waals surface area contributed by atoms with E-state index < -0.39 is 0 Å². The maximum Gasteiger partial charge on any atom is 0.173 e. The Labute approximate surface area is 161 Å². The number of benzene rings is 1. The minimum atomic E-state index is 0.118. The van der Waals surface area contributed by atoms with Crippen molar-refractivity contribution in [1.82, 2.24) is 30.0 Å². The number of rotatable bonds is 6. The Hall–Kier alpha value is -2.05. The van der Waals surface area contributed by atoms with Crippen LogP contribution in [0.3, 0.4) is 0 Å². The Morgan fingerprint density at radius 3 is 2.48 bits per heavy atom. The molecule has 6 nitrogen and oxygen atoms in total. The zero-order valence-electron chi connectivity index (χ0n) is 16.3. The molecule has 2 aliphatic rings. The van der Waals surface area contributed by atoms with Crippen LogP contribution in [0.15, 0.2) is 36.9 Å². The van der Waals surface area contributed by atoms with E-state index in [1.807, 2.05) is 6.08 Å². The van der Waals surface area contributed by atoms with E-state index >= 15 is 0 Å². The van der Waals surface area contributed by atoms with Crippen LogP contribution in [0.4, 0.5) is 0 Å². The average molecular weight is 367 g/mol. The number of hydrogen-bond donors (Lipinski definition) is 0. The number of hydrogen-bond acceptors (Lipinski definition) is 5. The summed E-state index contributed by atoms with van der Waals surface area (Å²) in [4.78, 5) is 5.00. The molecule has 1 aromatic carbocycles. The van der Waals surface area contributed by atoms with Crippen LogP contribution in [-0.4, -0.2) is 62.7 Å². The van der Waals surface area contributed by atoms with Gasteiger partial charge in [0.25, 0.3) is 0 Å². The third-order valence-electron chi connectivity index (χ3n) is 5.99. The molecular weight excluding hydrogens is 336 g/mol. The Kier molecular flexibility index (Phi) is 5.64. The van der Waals surface area contributed by atoms with Gasteiger partial charge in [-0.15, -0.1) is 11.7 Å². The fourth-order valence-corrected chi connectivity index (χ4v) is 4.45. The quantitative estimate of drug-likeness (QED) is 0.736. The summed E-state index contributed by atoms with van der Waals surface area (Å²) in [7, 11) is 0. The predicted octanol–water partition coefficient (Wildman–Crippen LogP) is 2.99. The normalized spacial score (nSPS) is 20.8. The van der Waals surface area contributed by atoms with E-state index in [0.717, 1.165) is 38.5 Å². The van der Waals surface area contributed by atoms with Gasteiger partial charge in [-0.25, -0.2) is 4.68 Å². The molecule has 0 radical (unpaired) electrons. The number of aryl methyl sites for hydroxylation is 1. The van der Waals surface area contributed by atoms with E-state index in [1.165, 1.54) is 36.8 Å². The highest BCUT2D eigenvalue weighted by molar-refractivity contribution is 5.28. The summed E-state index contributed by atoms with van der Waals surface area (Å²) in [5, 5.41) is 13.0. The Morgan fingerprint density at radius 2 is 1.81 bits per heavy atom. The lowest BCUT2D eigenvalue weighted by Gasteiger charge is -2.38. The summed E-state index contributed by atoms with van der Waals surface area (Å²) in [6.45, 7) is 11.1. The van der Waals surface area contributed by atoms with Gasteiger partial charge in [0, 0.05) is 32.7 Å². The van der Waals surface area contributed by atoms with Gasteiger partial charge in [-0.1, -0.05) is 48.7 Å². The molecule has 1 aliphatic carbocycles. The first-order valence-corrected chi connectivity index (χ1v) is 10.2. The molecular formula is C21H30N6. The maximum atomic E-state index is 4.52. The van der Waals surface area contributed by atoms with Gasteiger partial charge in [0.2, 0.25) is 0 Å². The van der Waals surface area contributed by atoms with Crippen molar-refractivity contribution in [2.75, 3.05) is 32.7 Å². The molecule has 1 saturated heterocycles. The van der Waals surface area contributed by atoms with Crippen LogP contribution in [0.25, 0.3) is 0 Å². The van der Waals surface area contributed by atoms with Gasteiger partial charge in [0.15, 0.2) is 5.82 Å². The minimum absolute atomic E-state index is 0.118. The van der Waals surface area contributed by atoms with Crippen LogP contribution < -0.4 is 0 Å². The lowest BCUT2D eigenvalue weighted by Crippen LogP contribution is -2.48. The van der Waals surface area contributed by atoms with Crippen molar-refractivity contribution in [2.45, 2.75) is 44.7 Å². The lowest BCUT2D eigenvalue weighted by molar-refractivity contribution is 0.111. The van der Waals surface area contributed by atoms with Crippen molar-refractivity contribution in [3.05, 3.63) is 53.9 Å². The highest BCUT2D eigenvalue weighted by Crippen LogP contribution is 2.34. The monoisotopic (exact) mass is 366 g/mol. The topological polar surface area (TPSA) is 50.1 Å². The third kappa shape index (κ3) is 3.96. The second-order valence-corrected chi connectivity index (χ2v) is 7.86. The second kappa shape index (κ2) is 8.31. The summed E-state index contributed by atoms with van der Waals surface area (Å²) in [6, 6.07) is 9.44. The first-order chi connectivity index (χ1) is 13.3. The van der Waals surface area contributed by atoms with Crippen LogP contribution in [-0.2, 0) is 0 Å². The predicted molar refractivity (Wildman–Crippen MR) is 107 cm³/mol. The molecule has 1 atom stereocenters. The van der Waals surface area contributed by atoms with Crippen molar-refractivity contribution >= 4 is 0 Å². The van der Waals surface area contributed by atoms with Crippen LogP contribution in [0, 0.1) is 6.92 Å². The summed E-state index contributed by atoms with van der Waals surface area (Å²) in [5.74, 6) is 1.00. The van der Waals surface area contributed by atoms with Crippen LogP contribution in [0.5, 0.6) is 0 Å². The molecule has 0 amide bonds. The molecule has 27 heavy (non-hydrogen) atoms. The van der Waals surface area contributed by atoms with Crippen molar-refractivity contribution in [3.63, 3.8) is 0 Å². The van der Waals surface area contributed by atoms with Crippen molar-refractivity contribution in [2.24, 2.45) is 0 Å². The van der Waals surface area contributed by atoms with Gasteiger partial charge in [0.1, 0.15) is 0 Å². The summed E-state index contributed by atoms with van der Waals surface area (Å²) >= 11 is 0. The van der Waals surface area contributed by atoms with Crippen LogP contribution >= 0.6 is 0 Å². The van der Waals surface area contributed by atoms with Crippen LogP contribution in [0.2, 0.25) is 0 Å². The SMILES string of the molecule is C=CCN1CCN([C@@H](c2ccc(C)cc2)c2nnnn2C2CCCC2)CC1. The molecule has 2 aromatic rings. The molecule has 0 N–H and O–H groups in total. The Balaban J connectivity index is 1.64. The molecule has 2 heterocycles. The standard InChI is InChI=1S/C21H30N6/c1-3-12-25-13-15-26(16-14-25)20(18-10-8-17(2)9-11-18)21-22-23-24-27(21)19-6-4-5-7-19/h3,8-11,19-20H,1,4-7,12-16H2,2H3/t20-/m0/s1. The largest absolute Gasteiger partial charge is 0.297 e. The zero-order valence-corrected chi connectivity index (χ0v) is 16.3. The molecule has 0 unspecified atom stereocenters. The second-order valence-electron chi connectivity index (χ2n) is 7.86. The molecule has 4 rings (SSSR count). The highest BCUT2D eigenvalue weighted by Gasteiger charge is 2.32. The molecule has 144 valence electrons. The third-order valence-corrected chi connectivity index (χ3v) is 5.99. The summed E-state index contributed by atoms with van der Waals surface area (Å²) in [5.41, 5.74) is 2.57. The van der Waals surface area contributed by atoms with Crippen molar-refractivity contribution < 1.29 is 0 Å². The molecule has 1 saturated carbocycles. The zero-order chi connectivity index (χ0) is 18.6. The Morgan fingerprint density at radius 1 is 1.11 bits per heavy atom. The number of nitrogens with zero attached hydrogens (tertiary/aromatic N) is 6. The minimum Gasteiger partial charge on any atom is -0.297 e. The van der Waals surface area contributed by atoms with E-state index in [1.54, 1.807) is 0 Å². The highest BCUT2D eigenvalue weighted by atomic mass is 15.6. The Bertz CT molecular complexity index is 738. The van der Waals surface area contributed by atoms with E-state index in [-0.39, 0.29) is 6.04 Å². The molecule has 2 fully saturated rings. The van der Waals surface area contributed by atoms with Gasteiger partial charge >= 0.3 is 0 Å². The van der Waals surface area contributed by atoms with Crippen molar-refractivity contribution in [1.29, 1.82) is 0 Å².